The van der Waals surface area contributed by atoms with Gasteiger partial charge in [-0.15, -0.1) is 0 Å². The van der Waals surface area contributed by atoms with Crippen LogP contribution in [0.1, 0.15) is 38.8 Å². The second kappa shape index (κ2) is 6.91. The van der Waals surface area contributed by atoms with E-state index in [1.807, 2.05) is 0 Å². The van der Waals surface area contributed by atoms with Gasteiger partial charge in [-0.05, 0) is 45.9 Å². The number of hydrogen-bond donors (Lipinski definition) is 1. The van der Waals surface area contributed by atoms with Gasteiger partial charge in [0.2, 0.25) is 0 Å². The van der Waals surface area contributed by atoms with Crippen LogP contribution in [0.2, 0.25) is 0 Å². The molecule has 0 amide bonds. The lowest BCUT2D eigenvalue weighted by Gasteiger charge is -2.37. The van der Waals surface area contributed by atoms with Crippen molar-refractivity contribution in [1.29, 1.82) is 0 Å². The van der Waals surface area contributed by atoms with Gasteiger partial charge in [-0.3, -0.25) is 4.90 Å². The molecular weight excluding hydrogens is 258 g/mol. The fourth-order valence-electron chi connectivity index (χ4n) is 2.66. The summed E-state index contributed by atoms with van der Waals surface area (Å²) in [5.74, 6) is 0. The van der Waals surface area contributed by atoms with Gasteiger partial charge in [-0.1, -0.05) is 24.3 Å². The zero-order chi connectivity index (χ0) is 15.5. The van der Waals surface area contributed by atoms with E-state index in [0.717, 1.165) is 13.1 Å². The normalized spacial score (nSPS) is 21.7. The van der Waals surface area contributed by atoms with Crippen molar-refractivity contribution in [3.05, 3.63) is 35.4 Å². The van der Waals surface area contributed by atoms with Crippen LogP contribution in [0.3, 0.4) is 0 Å². The number of nitrogens with one attached hydrogen (secondary N) is 1. The third kappa shape index (κ3) is 5.42. The van der Waals surface area contributed by atoms with Crippen LogP contribution in [0.4, 0.5) is 0 Å². The summed E-state index contributed by atoms with van der Waals surface area (Å²) >= 11 is 0. The molecule has 3 heteroatoms. The lowest BCUT2D eigenvalue weighted by molar-refractivity contribution is 0.1000. The van der Waals surface area contributed by atoms with E-state index in [1.165, 1.54) is 30.8 Å². The summed E-state index contributed by atoms with van der Waals surface area (Å²) in [7, 11) is 2.22. The molecule has 1 unspecified atom stereocenters. The van der Waals surface area contributed by atoms with Crippen LogP contribution >= 0.6 is 0 Å². The van der Waals surface area contributed by atoms with Crippen molar-refractivity contribution in [1.82, 2.24) is 15.1 Å². The standard InChI is InChI=1S/C18H31N3/c1-15-13-21(11-10-20(15)5)14-17-8-6-16(7-9-17)12-19-18(2,3)4/h6-9,15,19H,10-14H2,1-5H3. The summed E-state index contributed by atoms with van der Waals surface area (Å²) in [4.78, 5) is 5.00. The van der Waals surface area contributed by atoms with Gasteiger partial charge in [-0.25, -0.2) is 0 Å². The SMILES string of the molecule is CC1CN(Cc2ccc(CNC(C)(C)C)cc2)CCN1C. The highest BCUT2D eigenvalue weighted by Gasteiger charge is 2.20. The molecule has 1 aromatic carbocycles. The molecule has 1 fully saturated rings. The predicted molar refractivity (Wildman–Crippen MR) is 90.4 cm³/mol. The van der Waals surface area contributed by atoms with E-state index in [-0.39, 0.29) is 5.54 Å². The molecule has 118 valence electrons. The van der Waals surface area contributed by atoms with Gasteiger partial charge in [0, 0.05) is 44.3 Å². The third-order valence-corrected chi connectivity index (χ3v) is 4.30. The van der Waals surface area contributed by atoms with E-state index in [9.17, 15) is 0 Å². The summed E-state index contributed by atoms with van der Waals surface area (Å²) in [6.45, 7) is 14.5. The smallest absolute Gasteiger partial charge is 0.0234 e. The number of benzene rings is 1. The molecule has 0 bridgehead atoms. The summed E-state index contributed by atoms with van der Waals surface area (Å²) in [5, 5.41) is 3.53. The number of likely N-dealkylation sites (N-methyl/N-ethyl adjacent to an activating group) is 1. The van der Waals surface area contributed by atoms with E-state index in [1.54, 1.807) is 0 Å². The van der Waals surface area contributed by atoms with Crippen LogP contribution in [0, 0.1) is 0 Å². The highest BCUT2D eigenvalue weighted by Crippen LogP contribution is 2.13. The molecule has 21 heavy (non-hydrogen) atoms. The number of rotatable bonds is 4. The molecular formula is C18H31N3. The van der Waals surface area contributed by atoms with Gasteiger partial charge in [0.15, 0.2) is 0 Å². The molecule has 1 N–H and O–H groups in total. The number of hydrogen-bond acceptors (Lipinski definition) is 3. The maximum Gasteiger partial charge on any atom is 0.0234 e. The minimum absolute atomic E-state index is 0.175. The third-order valence-electron chi connectivity index (χ3n) is 4.30. The Bertz CT molecular complexity index is 433. The summed E-state index contributed by atoms with van der Waals surface area (Å²) in [5.41, 5.74) is 2.96. The Labute approximate surface area is 130 Å². The lowest BCUT2D eigenvalue weighted by atomic mass is 10.1. The van der Waals surface area contributed by atoms with E-state index < -0.39 is 0 Å². The molecule has 1 atom stereocenters. The first kappa shape index (κ1) is 16.5. The van der Waals surface area contributed by atoms with Crippen molar-refractivity contribution < 1.29 is 0 Å². The Kier molecular flexibility index (Phi) is 5.42. The van der Waals surface area contributed by atoms with Gasteiger partial charge in [0.25, 0.3) is 0 Å². The van der Waals surface area contributed by atoms with Crippen molar-refractivity contribution in [2.75, 3.05) is 26.7 Å². The minimum atomic E-state index is 0.175. The van der Waals surface area contributed by atoms with Gasteiger partial charge in [0.05, 0.1) is 0 Å². The van der Waals surface area contributed by atoms with Crippen LogP contribution in [0.25, 0.3) is 0 Å². The van der Waals surface area contributed by atoms with Crippen molar-refractivity contribution in [3.63, 3.8) is 0 Å². The Balaban J connectivity index is 1.85. The van der Waals surface area contributed by atoms with E-state index >= 15 is 0 Å². The van der Waals surface area contributed by atoms with E-state index in [4.69, 9.17) is 0 Å². The van der Waals surface area contributed by atoms with Crippen molar-refractivity contribution in [3.8, 4) is 0 Å². The molecule has 0 radical (unpaired) electrons. The van der Waals surface area contributed by atoms with Gasteiger partial charge < -0.3 is 10.2 Å². The van der Waals surface area contributed by atoms with Gasteiger partial charge in [0.1, 0.15) is 0 Å². The summed E-state index contributed by atoms with van der Waals surface area (Å²) < 4.78 is 0. The number of nitrogens with zero attached hydrogens (tertiary/aromatic N) is 2. The molecule has 1 aromatic rings. The lowest BCUT2D eigenvalue weighted by Crippen LogP contribution is -2.49. The minimum Gasteiger partial charge on any atom is -0.308 e. The average molecular weight is 289 g/mol. The molecule has 0 aromatic heterocycles. The highest BCUT2D eigenvalue weighted by atomic mass is 15.3. The van der Waals surface area contributed by atoms with Gasteiger partial charge in [-0.2, -0.15) is 0 Å². The molecule has 0 aliphatic carbocycles. The van der Waals surface area contributed by atoms with Crippen molar-refractivity contribution in [2.24, 2.45) is 0 Å². The topological polar surface area (TPSA) is 18.5 Å². The fourth-order valence-corrected chi connectivity index (χ4v) is 2.66. The zero-order valence-corrected chi connectivity index (χ0v) is 14.3. The van der Waals surface area contributed by atoms with Crippen LogP contribution in [-0.2, 0) is 13.1 Å². The second-order valence-corrected chi connectivity index (χ2v) is 7.48. The molecule has 1 aliphatic rings. The van der Waals surface area contributed by atoms with Crippen LogP contribution < -0.4 is 5.32 Å². The van der Waals surface area contributed by atoms with Crippen LogP contribution in [-0.4, -0.2) is 48.1 Å². The van der Waals surface area contributed by atoms with E-state index in [0.29, 0.717) is 6.04 Å². The van der Waals surface area contributed by atoms with Crippen LogP contribution in [0.15, 0.2) is 24.3 Å². The quantitative estimate of drug-likeness (QED) is 0.919. The Morgan fingerprint density at radius 2 is 1.71 bits per heavy atom. The monoisotopic (exact) mass is 289 g/mol. The highest BCUT2D eigenvalue weighted by molar-refractivity contribution is 5.22. The zero-order valence-electron chi connectivity index (χ0n) is 14.3. The summed E-state index contributed by atoms with van der Waals surface area (Å²) in [6.07, 6.45) is 0. The number of piperazine rings is 1. The molecule has 1 heterocycles. The second-order valence-electron chi connectivity index (χ2n) is 7.48. The largest absolute Gasteiger partial charge is 0.308 e. The molecule has 3 nitrogen and oxygen atoms in total. The maximum absolute atomic E-state index is 3.53. The van der Waals surface area contributed by atoms with Crippen molar-refractivity contribution in [2.45, 2.75) is 52.4 Å². The van der Waals surface area contributed by atoms with Gasteiger partial charge >= 0.3 is 0 Å². The fraction of sp³-hybridized carbons (Fsp3) is 0.667. The maximum atomic E-state index is 3.53. The summed E-state index contributed by atoms with van der Waals surface area (Å²) in [6, 6.07) is 9.74. The molecule has 2 rings (SSSR count). The Morgan fingerprint density at radius 1 is 1.10 bits per heavy atom. The molecule has 1 aliphatic heterocycles. The first-order chi connectivity index (χ1) is 9.83. The molecule has 0 saturated carbocycles. The molecule has 0 spiro atoms. The predicted octanol–water partition coefficient (Wildman–Crippen LogP) is 2.71. The van der Waals surface area contributed by atoms with Crippen molar-refractivity contribution >= 4 is 0 Å². The average Bonchev–Trinajstić information content (AvgIpc) is 2.41. The van der Waals surface area contributed by atoms with Crippen LogP contribution in [0.5, 0.6) is 0 Å². The first-order valence-corrected chi connectivity index (χ1v) is 8.09. The first-order valence-electron chi connectivity index (χ1n) is 8.09. The molecule has 1 saturated heterocycles. The Hall–Kier alpha value is -0.900. The Morgan fingerprint density at radius 3 is 2.29 bits per heavy atom. The van der Waals surface area contributed by atoms with E-state index in [2.05, 4.69) is 74.1 Å².